The molecule has 8 aromatic rings. The molecule has 216 valence electrons. The molecule has 0 amide bonds. The fraction of sp³-hybridized carbons (Fsp3) is 0. The van der Waals surface area contributed by atoms with E-state index in [9.17, 15) is 0 Å². The molecule has 0 atom stereocenters. The molecule has 5 aromatic carbocycles. The average molecular weight is 590 g/mol. The fourth-order valence-corrected chi connectivity index (χ4v) is 5.76. The summed E-state index contributed by atoms with van der Waals surface area (Å²) in [6.45, 7) is 0. The summed E-state index contributed by atoms with van der Waals surface area (Å²) < 4.78 is 0. The van der Waals surface area contributed by atoms with E-state index in [1.54, 1.807) is 6.20 Å². The van der Waals surface area contributed by atoms with Crippen LogP contribution in [0.5, 0.6) is 0 Å². The van der Waals surface area contributed by atoms with Gasteiger partial charge in [0.2, 0.25) is 0 Å². The minimum absolute atomic E-state index is 0.627. The quantitative estimate of drug-likeness (QED) is 0.193. The Balaban J connectivity index is 1.23. The molecule has 46 heavy (non-hydrogen) atoms. The first-order valence-corrected chi connectivity index (χ1v) is 15.2. The van der Waals surface area contributed by atoms with Crippen LogP contribution in [0, 0.1) is 0 Å². The van der Waals surface area contributed by atoms with Crippen molar-refractivity contribution in [2.45, 2.75) is 0 Å². The number of rotatable bonds is 6. The predicted molar refractivity (Wildman–Crippen MR) is 186 cm³/mol. The van der Waals surface area contributed by atoms with Crippen LogP contribution in [0.3, 0.4) is 0 Å². The fourth-order valence-electron chi connectivity index (χ4n) is 5.76. The lowest BCUT2D eigenvalue weighted by atomic mass is 9.96. The molecule has 0 saturated heterocycles. The number of pyridine rings is 2. The number of hydrogen-bond donors (Lipinski definition) is 0. The maximum Gasteiger partial charge on any atom is 0.164 e. The highest BCUT2D eigenvalue weighted by Gasteiger charge is 2.16. The molecule has 3 aromatic heterocycles. The maximum atomic E-state index is 5.06. The Morgan fingerprint density at radius 2 is 0.826 bits per heavy atom. The third-order valence-corrected chi connectivity index (χ3v) is 8.08. The van der Waals surface area contributed by atoms with E-state index in [0.717, 1.165) is 55.5 Å². The molecule has 5 heteroatoms. The molecule has 0 saturated carbocycles. The van der Waals surface area contributed by atoms with Crippen LogP contribution in [0.15, 0.2) is 164 Å². The van der Waals surface area contributed by atoms with Gasteiger partial charge in [-0.2, -0.15) is 0 Å². The van der Waals surface area contributed by atoms with Gasteiger partial charge in [0, 0.05) is 34.6 Å². The summed E-state index contributed by atoms with van der Waals surface area (Å²) in [6, 6.07) is 51.4. The van der Waals surface area contributed by atoms with Crippen molar-refractivity contribution in [2.24, 2.45) is 0 Å². The van der Waals surface area contributed by atoms with Crippen molar-refractivity contribution in [3.63, 3.8) is 0 Å². The van der Waals surface area contributed by atoms with Crippen LogP contribution < -0.4 is 0 Å². The summed E-state index contributed by atoms with van der Waals surface area (Å²) in [7, 11) is 0. The molecule has 0 spiro atoms. The lowest BCUT2D eigenvalue weighted by Gasteiger charge is -2.13. The van der Waals surface area contributed by atoms with Gasteiger partial charge in [-0.1, -0.05) is 133 Å². The number of nitrogens with zero attached hydrogens (tertiary/aromatic N) is 5. The molecule has 5 nitrogen and oxygen atoms in total. The maximum absolute atomic E-state index is 5.06. The monoisotopic (exact) mass is 589 g/mol. The van der Waals surface area contributed by atoms with Gasteiger partial charge < -0.3 is 0 Å². The summed E-state index contributed by atoms with van der Waals surface area (Å²) in [5.41, 5.74) is 8.94. The van der Waals surface area contributed by atoms with E-state index in [4.69, 9.17) is 19.9 Å². The van der Waals surface area contributed by atoms with Crippen LogP contribution >= 0.6 is 0 Å². The van der Waals surface area contributed by atoms with Crippen LogP contribution in [-0.4, -0.2) is 24.9 Å². The normalized spacial score (nSPS) is 11.0. The van der Waals surface area contributed by atoms with E-state index in [1.165, 1.54) is 5.56 Å². The zero-order chi connectivity index (χ0) is 30.7. The van der Waals surface area contributed by atoms with Crippen molar-refractivity contribution in [2.75, 3.05) is 0 Å². The van der Waals surface area contributed by atoms with Crippen molar-refractivity contribution in [3.05, 3.63) is 164 Å². The zero-order valence-corrected chi connectivity index (χ0v) is 24.8. The molecular formula is C41H27N5. The van der Waals surface area contributed by atoms with E-state index < -0.39 is 0 Å². The highest BCUT2D eigenvalue weighted by atomic mass is 15.0. The van der Waals surface area contributed by atoms with E-state index in [0.29, 0.717) is 17.5 Å². The van der Waals surface area contributed by atoms with E-state index in [2.05, 4.69) is 96.0 Å². The minimum atomic E-state index is 0.627. The lowest BCUT2D eigenvalue weighted by Crippen LogP contribution is -2.00. The molecule has 0 N–H and O–H groups in total. The first-order valence-electron chi connectivity index (χ1n) is 15.2. The van der Waals surface area contributed by atoms with Crippen molar-refractivity contribution < 1.29 is 0 Å². The summed E-state index contributed by atoms with van der Waals surface area (Å²) in [4.78, 5) is 24.2. The SMILES string of the molecule is c1ccc(-c2ccc(-c3nc(-c4ccccc4)nc(-c4cccc5c(-c6ccc(-c7ccccn7)nc6)cccc45)n3)cc2)cc1. The third-order valence-electron chi connectivity index (χ3n) is 8.08. The largest absolute Gasteiger partial charge is 0.255 e. The van der Waals surface area contributed by atoms with E-state index in [-0.39, 0.29) is 0 Å². The second kappa shape index (κ2) is 12.0. The number of hydrogen-bond acceptors (Lipinski definition) is 5. The van der Waals surface area contributed by atoms with Crippen LogP contribution in [-0.2, 0) is 0 Å². The number of fused-ring (bicyclic) bond motifs is 1. The summed E-state index contributed by atoms with van der Waals surface area (Å²) in [6.07, 6.45) is 3.70. The Labute approximate surface area is 267 Å². The highest BCUT2D eigenvalue weighted by Crippen LogP contribution is 2.35. The Morgan fingerprint density at radius 1 is 0.304 bits per heavy atom. The highest BCUT2D eigenvalue weighted by molar-refractivity contribution is 6.03. The summed E-state index contributed by atoms with van der Waals surface area (Å²) in [5, 5.41) is 2.16. The first-order chi connectivity index (χ1) is 22.8. The standard InChI is InChI=1S/C41H27N5/c1-3-11-28(12-4-1)29-20-22-31(23-21-29)40-44-39(30-13-5-2-6-14-30)45-41(46-40)36-18-10-16-34-33(15-9-17-35(34)36)32-24-25-38(43-27-32)37-19-7-8-26-42-37/h1-27H. The summed E-state index contributed by atoms with van der Waals surface area (Å²) >= 11 is 0. The first kappa shape index (κ1) is 27.2. The zero-order valence-electron chi connectivity index (χ0n) is 24.8. The predicted octanol–water partition coefficient (Wildman–Crippen LogP) is 9.82. The van der Waals surface area contributed by atoms with Gasteiger partial charge in [0.25, 0.3) is 0 Å². The molecule has 0 aliphatic rings. The molecule has 0 aliphatic heterocycles. The van der Waals surface area contributed by atoms with Crippen molar-refractivity contribution >= 4 is 10.8 Å². The van der Waals surface area contributed by atoms with Crippen LogP contribution in [0.2, 0.25) is 0 Å². The molecule has 0 aliphatic carbocycles. The van der Waals surface area contributed by atoms with Crippen LogP contribution in [0.4, 0.5) is 0 Å². The Morgan fingerprint density at radius 3 is 1.48 bits per heavy atom. The Bertz CT molecular complexity index is 2270. The average Bonchev–Trinajstić information content (AvgIpc) is 3.15. The van der Waals surface area contributed by atoms with E-state index in [1.807, 2.05) is 66.9 Å². The van der Waals surface area contributed by atoms with Crippen molar-refractivity contribution in [1.82, 2.24) is 24.9 Å². The third kappa shape index (κ3) is 5.31. The van der Waals surface area contributed by atoms with Gasteiger partial charge in [0.1, 0.15) is 0 Å². The van der Waals surface area contributed by atoms with Gasteiger partial charge in [0.15, 0.2) is 17.5 Å². The van der Waals surface area contributed by atoms with Gasteiger partial charge in [-0.3, -0.25) is 9.97 Å². The Kier molecular flexibility index (Phi) is 7.09. The lowest BCUT2D eigenvalue weighted by molar-refractivity contribution is 1.08. The molecule has 0 fully saturated rings. The molecule has 0 radical (unpaired) electrons. The number of aromatic nitrogens is 5. The Hall–Kier alpha value is -6.33. The van der Waals surface area contributed by atoms with Gasteiger partial charge in [-0.05, 0) is 45.7 Å². The van der Waals surface area contributed by atoms with Gasteiger partial charge >= 0.3 is 0 Å². The van der Waals surface area contributed by atoms with Gasteiger partial charge in [0.05, 0.1) is 11.4 Å². The van der Waals surface area contributed by atoms with Gasteiger partial charge in [-0.15, -0.1) is 0 Å². The second-order valence-electron chi connectivity index (χ2n) is 11.0. The topological polar surface area (TPSA) is 64.5 Å². The second-order valence-corrected chi connectivity index (χ2v) is 11.0. The van der Waals surface area contributed by atoms with Crippen molar-refractivity contribution in [3.8, 4) is 67.8 Å². The molecule has 3 heterocycles. The van der Waals surface area contributed by atoms with Crippen molar-refractivity contribution in [1.29, 1.82) is 0 Å². The number of benzene rings is 5. The smallest absolute Gasteiger partial charge is 0.164 e. The minimum Gasteiger partial charge on any atom is -0.255 e. The molecule has 0 bridgehead atoms. The molecular weight excluding hydrogens is 562 g/mol. The molecule has 8 rings (SSSR count). The van der Waals surface area contributed by atoms with Crippen LogP contribution in [0.25, 0.3) is 78.6 Å². The summed E-state index contributed by atoms with van der Waals surface area (Å²) in [5.74, 6) is 1.89. The van der Waals surface area contributed by atoms with Crippen LogP contribution in [0.1, 0.15) is 0 Å². The van der Waals surface area contributed by atoms with E-state index >= 15 is 0 Å². The molecule has 0 unspecified atom stereocenters. The van der Waals surface area contributed by atoms with Gasteiger partial charge in [-0.25, -0.2) is 15.0 Å².